The van der Waals surface area contributed by atoms with Gasteiger partial charge in [-0.25, -0.2) is 0 Å². The molecule has 0 spiro atoms. The highest BCUT2D eigenvalue weighted by Gasteiger charge is 2.30. The van der Waals surface area contributed by atoms with Crippen LogP contribution in [0.5, 0.6) is 5.75 Å². The largest absolute Gasteiger partial charge is 0.490 e. The highest BCUT2D eigenvalue weighted by molar-refractivity contribution is 5.79. The zero-order valence-corrected chi connectivity index (χ0v) is 13.3. The number of rotatable bonds is 3. The molecule has 4 nitrogen and oxygen atoms in total. The van der Waals surface area contributed by atoms with Crippen molar-refractivity contribution in [1.82, 2.24) is 4.90 Å². The lowest BCUT2D eigenvalue weighted by Crippen LogP contribution is -2.45. The number of hydrogen-bond donors (Lipinski definition) is 0. The van der Waals surface area contributed by atoms with Crippen molar-refractivity contribution in [2.45, 2.75) is 38.7 Å². The number of para-hydroxylation sites is 1. The summed E-state index contributed by atoms with van der Waals surface area (Å²) in [6.45, 7) is 5.14. The number of likely N-dealkylation sites (tertiary alicyclic amines) is 1. The SMILES string of the molecule is Cc1ccccc1OC1CCN(C(=O)C2CCOCC2)CC1. The lowest BCUT2D eigenvalue weighted by atomic mass is 9.97. The summed E-state index contributed by atoms with van der Waals surface area (Å²) >= 11 is 0. The van der Waals surface area contributed by atoms with E-state index in [2.05, 4.69) is 13.0 Å². The van der Waals surface area contributed by atoms with E-state index in [4.69, 9.17) is 9.47 Å². The molecule has 0 bridgehead atoms. The molecule has 2 aliphatic heterocycles. The lowest BCUT2D eigenvalue weighted by molar-refractivity contribution is -0.140. The minimum Gasteiger partial charge on any atom is -0.490 e. The summed E-state index contributed by atoms with van der Waals surface area (Å²) < 4.78 is 11.4. The Hall–Kier alpha value is -1.55. The molecule has 0 aliphatic carbocycles. The van der Waals surface area contributed by atoms with Gasteiger partial charge in [0.05, 0.1) is 0 Å². The number of aryl methyl sites for hydroxylation is 1. The third-order valence-electron chi connectivity index (χ3n) is 4.71. The van der Waals surface area contributed by atoms with Gasteiger partial charge in [0.2, 0.25) is 5.91 Å². The van der Waals surface area contributed by atoms with E-state index in [1.54, 1.807) is 0 Å². The predicted molar refractivity (Wildman–Crippen MR) is 85.0 cm³/mol. The van der Waals surface area contributed by atoms with E-state index in [0.29, 0.717) is 5.91 Å². The topological polar surface area (TPSA) is 38.8 Å². The molecule has 2 fully saturated rings. The van der Waals surface area contributed by atoms with Crippen molar-refractivity contribution >= 4 is 5.91 Å². The Morgan fingerprint density at radius 3 is 2.50 bits per heavy atom. The predicted octanol–water partition coefficient (Wildman–Crippen LogP) is 2.79. The first-order valence-electron chi connectivity index (χ1n) is 8.33. The third kappa shape index (κ3) is 3.61. The molecule has 1 aromatic rings. The minimum absolute atomic E-state index is 0.169. The zero-order chi connectivity index (χ0) is 15.4. The summed E-state index contributed by atoms with van der Waals surface area (Å²) in [7, 11) is 0. The molecular formula is C18H25NO3. The van der Waals surface area contributed by atoms with Crippen molar-refractivity contribution in [3.8, 4) is 5.75 Å². The number of benzene rings is 1. The first kappa shape index (κ1) is 15.3. The fourth-order valence-electron chi connectivity index (χ4n) is 3.26. The number of piperidine rings is 1. The van der Waals surface area contributed by atoms with E-state index in [1.807, 2.05) is 23.1 Å². The van der Waals surface area contributed by atoms with Crippen LogP contribution in [0.15, 0.2) is 24.3 Å². The van der Waals surface area contributed by atoms with Crippen LogP contribution in [-0.4, -0.2) is 43.2 Å². The molecule has 2 aliphatic rings. The molecule has 4 heteroatoms. The number of hydrogen-bond acceptors (Lipinski definition) is 3. The molecule has 120 valence electrons. The van der Waals surface area contributed by atoms with Gasteiger partial charge < -0.3 is 14.4 Å². The highest BCUT2D eigenvalue weighted by Crippen LogP contribution is 2.24. The Morgan fingerprint density at radius 2 is 1.82 bits per heavy atom. The molecule has 0 atom stereocenters. The maximum atomic E-state index is 12.5. The second-order valence-electron chi connectivity index (χ2n) is 6.29. The molecule has 0 N–H and O–H groups in total. The Kier molecular flexibility index (Phi) is 4.98. The molecule has 0 aromatic heterocycles. The summed E-state index contributed by atoms with van der Waals surface area (Å²) in [5.41, 5.74) is 1.17. The van der Waals surface area contributed by atoms with Gasteiger partial charge >= 0.3 is 0 Å². The molecule has 0 radical (unpaired) electrons. The first-order chi connectivity index (χ1) is 10.7. The maximum absolute atomic E-state index is 12.5. The summed E-state index contributed by atoms with van der Waals surface area (Å²) in [5, 5.41) is 0. The minimum atomic E-state index is 0.169. The van der Waals surface area contributed by atoms with Crippen LogP contribution in [0.2, 0.25) is 0 Å². The van der Waals surface area contributed by atoms with Crippen LogP contribution in [0.25, 0.3) is 0 Å². The average Bonchev–Trinajstić information content (AvgIpc) is 2.58. The lowest BCUT2D eigenvalue weighted by Gasteiger charge is -2.35. The monoisotopic (exact) mass is 303 g/mol. The molecule has 1 aromatic carbocycles. The van der Waals surface area contributed by atoms with Crippen molar-refractivity contribution < 1.29 is 14.3 Å². The number of amides is 1. The molecular weight excluding hydrogens is 278 g/mol. The van der Waals surface area contributed by atoms with Crippen molar-refractivity contribution in [3.05, 3.63) is 29.8 Å². The van der Waals surface area contributed by atoms with Gasteiger partial charge in [0.15, 0.2) is 0 Å². The van der Waals surface area contributed by atoms with Crippen molar-refractivity contribution in [1.29, 1.82) is 0 Å². The van der Waals surface area contributed by atoms with Crippen LogP contribution in [0.3, 0.4) is 0 Å². The van der Waals surface area contributed by atoms with E-state index < -0.39 is 0 Å². The molecule has 0 saturated carbocycles. The Labute approximate surface area is 132 Å². The van der Waals surface area contributed by atoms with Crippen LogP contribution in [0.1, 0.15) is 31.2 Å². The quantitative estimate of drug-likeness (QED) is 0.862. The Bertz CT molecular complexity index is 503. The number of carbonyl (C=O) groups is 1. The molecule has 22 heavy (non-hydrogen) atoms. The van der Waals surface area contributed by atoms with Crippen molar-refractivity contribution in [2.24, 2.45) is 5.92 Å². The van der Waals surface area contributed by atoms with Gasteiger partial charge in [0, 0.05) is 45.1 Å². The van der Waals surface area contributed by atoms with Gasteiger partial charge in [0.25, 0.3) is 0 Å². The molecule has 1 amide bonds. The molecule has 0 unspecified atom stereocenters. The van der Waals surface area contributed by atoms with Gasteiger partial charge in [-0.05, 0) is 31.4 Å². The fraction of sp³-hybridized carbons (Fsp3) is 0.611. The molecule has 2 saturated heterocycles. The third-order valence-corrected chi connectivity index (χ3v) is 4.71. The second kappa shape index (κ2) is 7.14. The summed E-state index contributed by atoms with van der Waals surface area (Å²) in [4.78, 5) is 14.5. The number of nitrogens with zero attached hydrogens (tertiary/aromatic N) is 1. The molecule has 2 heterocycles. The van der Waals surface area contributed by atoms with Crippen LogP contribution in [0.4, 0.5) is 0 Å². The first-order valence-corrected chi connectivity index (χ1v) is 8.33. The van der Waals surface area contributed by atoms with E-state index in [9.17, 15) is 4.79 Å². The standard InChI is InChI=1S/C18H25NO3/c1-14-4-2-3-5-17(14)22-16-6-10-19(11-7-16)18(20)15-8-12-21-13-9-15/h2-5,15-16H,6-13H2,1H3. The van der Waals surface area contributed by atoms with E-state index >= 15 is 0 Å². The van der Waals surface area contributed by atoms with E-state index in [1.165, 1.54) is 5.56 Å². The zero-order valence-electron chi connectivity index (χ0n) is 13.3. The van der Waals surface area contributed by atoms with Gasteiger partial charge in [-0.1, -0.05) is 18.2 Å². The second-order valence-corrected chi connectivity index (χ2v) is 6.29. The van der Waals surface area contributed by atoms with Crippen LogP contribution in [0, 0.1) is 12.8 Å². The van der Waals surface area contributed by atoms with Gasteiger partial charge in [0.1, 0.15) is 11.9 Å². The van der Waals surface area contributed by atoms with Gasteiger partial charge in [-0.15, -0.1) is 0 Å². The normalized spacial score (nSPS) is 20.9. The van der Waals surface area contributed by atoms with E-state index in [-0.39, 0.29) is 12.0 Å². The van der Waals surface area contributed by atoms with Crippen molar-refractivity contribution in [3.63, 3.8) is 0 Å². The van der Waals surface area contributed by atoms with Gasteiger partial charge in [-0.2, -0.15) is 0 Å². The smallest absolute Gasteiger partial charge is 0.225 e. The van der Waals surface area contributed by atoms with Crippen LogP contribution in [-0.2, 0) is 9.53 Å². The van der Waals surface area contributed by atoms with Gasteiger partial charge in [-0.3, -0.25) is 4.79 Å². The summed E-state index contributed by atoms with van der Waals surface area (Å²) in [6.07, 6.45) is 3.81. The molecule has 3 rings (SSSR count). The summed E-state index contributed by atoms with van der Waals surface area (Å²) in [5.74, 6) is 1.46. The highest BCUT2D eigenvalue weighted by atomic mass is 16.5. The van der Waals surface area contributed by atoms with Crippen LogP contribution < -0.4 is 4.74 Å². The average molecular weight is 303 g/mol. The maximum Gasteiger partial charge on any atom is 0.225 e. The van der Waals surface area contributed by atoms with Crippen molar-refractivity contribution in [2.75, 3.05) is 26.3 Å². The number of ether oxygens (including phenoxy) is 2. The fourth-order valence-corrected chi connectivity index (χ4v) is 3.26. The van der Waals surface area contributed by atoms with E-state index in [0.717, 1.165) is 57.7 Å². The Balaban J connectivity index is 1.50. The summed E-state index contributed by atoms with van der Waals surface area (Å²) in [6, 6.07) is 8.12. The van der Waals surface area contributed by atoms with Crippen LogP contribution >= 0.6 is 0 Å². The number of carbonyl (C=O) groups excluding carboxylic acids is 1. The Morgan fingerprint density at radius 1 is 1.14 bits per heavy atom.